The first kappa shape index (κ1) is 38.1. The number of aryl methyl sites for hydroxylation is 2. The van der Waals surface area contributed by atoms with Gasteiger partial charge in [-0.05, 0) is 179 Å². The highest BCUT2D eigenvalue weighted by Gasteiger charge is 2.36. The molecule has 0 aromatic heterocycles. The predicted octanol–water partition coefficient (Wildman–Crippen LogP) is 16.6. The number of benzene rings is 10. The zero-order chi connectivity index (χ0) is 43.2. The molecule has 0 fully saturated rings. The van der Waals surface area contributed by atoms with Crippen LogP contribution in [0.3, 0.4) is 0 Å². The van der Waals surface area contributed by atoms with E-state index in [1.807, 2.05) is 0 Å². The number of hydrogen-bond acceptors (Lipinski definition) is 2. The highest BCUT2D eigenvalue weighted by atomic mass is 15.1. The van der Waals surface area contributed by atoms with E-state index in [1.54, 1.807) is 0 Å². The van der Waals surface area contributed by atoms with Crippen molar-refractivity contribution in [2.45, 2.75) is 44.9 Å². The van der Waals surface area contributed by atoms with Gasteiger partial charge in [-0.15, -0.1) is 0 Å². The van der Waals surface area contributed by atoms with Crippen LogP contribution in [0.15, 0.2) is 194 Å². The van der Waals surface area contributed by atoms with Gasteiger partial charge in [-0.1, -0.05) is 153 Å². The minimum absolute atomic E-state index is 0.124. The molecule has 1 aliphatic carbocycles. The maximum absolute atomic E-state index is 2.57. The molecule has 0 spiro atoms. The summed E-state index contributed by atoms with van der Waals surface area (Å²) in [7, 11) is 0. The molecule has 10 aromatic rings. The summed E-state index contributed by atoms with van der Waals surface area (Å²) in [5.41, 5.74) is 20.9. The summed E-state index contributed by atoms with van der Waals surface area (Å²) in [6, 6.07) is 74.0. The molecule has 10 aromatic carbocycles. The number of para-hydroxylation sites is 2. The monoisotopic (exact) mass is 834 g/mol. The first-order valence-electron chi connectivity index (χ1n) is 23.6. The zero-order valence-electron chi connectivity index (χ0n) is 37.1. The average molecular weight is 835 g/mol. The molecule has 0 N–H and O–H groups in total. The molecule has 0 radical (unpaired) electrons. The van der Waals surface area contributed by atoms with E-state index >= 15 is 0 Å². The molecule has 0 amide bonds. The lowest BCUT2D eigenvalue weighted by molar-refractivity contribution is 0.660. The molecule has 3 aliphatic rings. The van der Waals surface area contributed by atoms with Crippen molar-refractivity contribution in [2.24, 2.45) is 0 Å². The first-order valence-corrected chi connectivity index (χ1v) is 23.6. The van der Waals surface area contributed by atoms with E-state index in [9.17, 15) is 0 Å². The van der Waals surface area contributed by atoms with Crippen molar-refractivity contribution in [1.82, 2.24) is 0 Å². The van der Waals surface area contributed by atoms with Crippen LogP contribution in [-0.2, 0) is 18.3 Å². The van der Waals surface area contributed by atoms with E-state index < -0.39 is 0 Å². The van der Waals surface area contributed by atoms with Crippen LogP contribution >= 0.6 is 0 Å². The minimum atomic E-state index is -0.124. The summed E-state index contributed by atoms with van der Waals surface area (Å²) in [6.07, 6.45) is 4.48. The summed E-state index contributed by atoms with van der Waals surface area (Å²) >= 11 is 0. The van der Waals surface area contributed by atoms with Gasteiger partial charge in [0.1, 0.15) is 0 Å². The molecule has 2 heteroatoms. The Kier molecular flexibility index (Phi) is 8.68. The number of fused-ring (bicyclic) bond motifs is 8. The zero-order valence-corrected chi connectivity index (χ0v) is 37.1. The molecule has 0 saturated heterocycles. The summed E-state index contributed by atoms with van der Waals surface area (Å²) in [6.45, 7) is 6.79. The lowest BCUT2D eigenvalue weighted by Crippen LogP contribution is -2.24. The van der Waals surface area contributed by atoms with Gasteiger partial charge in [0, 0.05) is 41.3 Å². The van der Waals surface area contributed by atoms with Gasteiger partial charge < -0.3 is 9.80 Å². The fraction of sp³-hybridized carbons (Fsp3) is 0.143. The van der Waals surface area contributed by atoms with Crippen LogP contribution in [0.2, 0.25) is 0 Å². The molecule has 312 valence electrons. The Balaban J connectivity index is 1.16. The SMILES string of the molecule is CC1(C)c2ccccc2-c2ccc(-c3c4cc(N5CCCc6ccccc65)ccc4c(-c4cc5ccccc5cc4-c4ccccc4)c4cc(N5CCCc6ccccc65)ccc34)cc21. The van der Waals surface area contributed by atoms with Gasteiger partial charge in [-0.25, -0.2) is 0 Å². The van der Waals surface area contributed by atoms with E-state index in [1.165, 1.54) is 122 Å². The third-order valence-corrected chi connectivity index (χ3v) is 15.0. The number of hydrogen-bond donors (Lipinski definition) is 0. The van der Waals surface area contributed by atoms with Crippen LogP contribution in [0.25, 0.3) is 76.8 Å². The minimum Gasteiger partial charge on any atom is -0.341 e. The summed E-state index contributed by atoms with van der Waals surface area (Å²) in [5, 5.41) is 7.60. The Labute approximate surface area is 382 Å². The van der Waals surface area contributed by atoms with E-state index in [-0.39, 0.29) is 5.41 Å². The van der Waals surface area contributed by atoms with Crippen LogP contribution < -0.4 is 9.80 Å². The molecule has 2 aliphatic heterocycles. The van der Waals surface area contributed by atoms with Gasteiger partial charge in [0.15, 0.2) is 0 Å². The fourth-order valence-electron chi connectivity index (χ4n) is 11.9. The third-order valence-electron chi connectivity index (χ3n) is 15.0. The molecule has 0 bridgehead atoms. The smallest absolute Gasteiger partial charge is 0.0443 e. The second-order valence-electron chi connectivity index (χ2n) is 19.0. The molecule has 0 unspecified atom stereocenters. The van der Waals surface area contributed by atoms with Gasteiger partial charge in [0.05, 0.1) is 0 Å². The molecular formula is C63H50N2. The fourth-order valence-corrected chi connectivity index (χ4v) is 11.9. The van der Waals surface area contributed by atoms with Crippen LogP contribution in [0.5, 0.6) is 0 Å². The van der Waals surface area contributed by atoms with Gasteiger partial charge in [-0.3, -0.25) is 0 Å². The van der Waals surface area contributed by atoms with Crippen molar-refractivity contribution in [2.75, 3.05) is 22.9 Å². The molecule has 0 atom stereocenters. The third kappa shape index (κ3) is 6.00. The highest BCUT2D eigenvalue weighted by molar-refractivity contribution is 6.24. The Morgan fingerprint density at radius 3 is 1.58 bits per heavy atom. The van der Waals surface area contributed by atoms with Gasteiger partial charge in [-0.2, -0.15) is 0 Å². The summed E-state index contributed by atoms with van der Waals surface area (Å²) < 4.78 is 0. The Hall–Kier alpha value is -7.42. The van der Waals surface area contributed by atoms with Crippen molar-refractivity contribution in [1.29, 1.82) is 0 Å². The van der Waals surface area contributed by atoms with Crippen LogP contribution in [0, 0.1) is 0 Å². The quantitative estimate of drug-likeness (QED) is 0.159. The number of rotatable bonds is 5. The molecule has 65 heavy (non-hydrogen) atoms. The topological polar surface area (TPSA) is 6.48 Å². The van der Waals surface area contributed by atoms with E-state index in [0.717, 1.165) is 38.8 Å². The van der Waals surface area contributed by atoms with E-state index in [2.05, 4.69) is 218 Å². The van der Waals surface area contributed by atoms with Gasteiger partial charge in [0.25, 0.3) is 0 Å². The van der Waals surface area contributed by atoms with E-state index in [4.69, 9.17) is 0 Å². The van der Waals surface area contributed by atoms with Crippen LogP contribution in [0.1, 0.15) is 48.9 Å². The maximum atomic E-state index is 2.57. The molecule has 2 nitrogen and oxygen atoms in total. The van der Waals surface area contributed by atoms with Gasteiger partial charge >= 0.3 is 0 Å². The second kappa shape index (κ2) is 14.8. The van der Waals surface area contributed by atoms with Crippen LogP contribution in [0.4, 0.5) is 22.7 Å². The van der Waals surface area contributed by atoms with Crippen molar-refractivity contribution in [3.63, 3.8) is 0 Å². The number of anilines is 4. The predicted molar refractivity (Wildman–Crippen MR) is 276 cm³/mol. The average Bonchev–Trinajstić information content (AvgIpc) is 3.59. The Bertz CT molecular complexity index is 3540. The first-order chi connectivity index (χ1) is 32.0. The normalized spacial score (nSPS) is 14.9. The molecule has 0 saturated carbocycles. The van der Waals surface area contributed by atoms with Crippen LogP contribution in [-0.4, -0.2) is 13.1 Å². The largest absolute Gasteiger partial charge is 0.341 e. The number of nitrogens with zero attached hydrogens (tertiary/aromatic N) is 2. The summed E-state index contributed by atoms with van der Waals surface area (Å²) in [5.74, 6) is 0. The van der Waals surface area contributed by atoms with Crippen molar-refractivity contribution < 1.29 is 0 Å². The highest BCUT2D eigenvalue weighted by Crippen LogP contribution is 2.53. The second-order valence-corrected chi connectivity index (χ2v) is 19.0. The Morgan fingerprint density at radius 1 is 0.369 bits per heavy atom. The maximum Gasteiger partial charge on any atom is 0.0443 e. The van der Waals surface area contributed by atoms with Gasteiger partial charge in [0.2, 0.25) is 0 Å². The van der Waals surface area contributed by atoms with Crippen molar-refractivity contribution in [3.8, 4) is 44.5 Å². The summed E-state index contributed by atoms with van der Waals surface area (Å²) in [4.78, 5) is 5.13. The van der Waals surface area contributed by atoms with Crippen molar-refractivity contribution >= 4 is 55.1 Å². The van der Waals surface area contributed by atoms with Crippen molar-refractivity contribution in [3.05, 3.63) is 216 Å². The molecule has 2 heterocycles. The lowest BCUT2D eigenvalue weighted by Gasteiger charge is -2.33. The molecular weight excluding hydrogens is 785 g/mol. The standard InChI is InChI=1S/C63H50N2/c1-63(2)57-25-11-10-24-49(57)50-31-28-46(38-58(50)63)61-51-32-29-48(65-35-15-23-43-19-9-13-27-60(43)65)40-56(51)62(54-37-45-21-7-6-20-44(45)36-53(54)41-16-4-3-5-17-41)52-33-30-47(39-55(52)61)64-34-14-22-42-18-8-12-26-59(42)64/h3-13,16-21,24-33,36-40H,14-15,22-23,34-35H2,1-2H3. The lowest BCUT2D eigenvalue weighted by atomic mass is 9.79. The van der Waals surface area contributed by atoms with E-state index in [0.29, 0.717) is 0 Å². The Morgan fingerprint density at radius 2 is 0.908 bits per heavy atom. The molecule has 13 rings (SSSR count).